The van der Waals surface area contributed by atoms with Gasteiger partial charge in [-0.15, -0.1) is 11.8 Å². The van der Waals surface area contributed by atoms with Crippen LogP contribution in [-0.2, 0) is 4.79 Å². The number of methoxy groups -OCH3 is 1. The number of ether oxygens (including phenoxy) is 1. The minimum Gasteiger partial charge on any atom is -0.495 e. The number of nitriles is 1. The number of nitrogens with zero attached hydrogens (tertiary/aromatic N) is 1. The molecule has 3 rings (SSSR count). The maximum Gasteiger partial charge on any atom is 0.254 e. The number of allylic oxidation sites excluding steroid dienone is 2. The van der Waals surface area contributed by atoms with Crippen LogP contribution in [-0.4, -0.2) is 18.8 Å². The largest absolute Gasteiger partial charge is 0.495 e. The molecule has 6 heteroatoms. The van der Waals surface area contributed by atoms with Gasteiger partial charge in [-0.05, 0) is 36.8 Å². The third-order valence-electron chi connectivity index (χ3n) is 6.37. The standard InChI is InChI=1S/C30H37N3O2S/c1-4-5-6-7-8-9-15-20-36-30-24(21-31)28(23-16-11-10-12-17-23)27(22(2)32-30)29(34)33-25-18-13-14-19-26(25)35-3/h10-14,16-19,28,32H,4-9,15,20H2,1-3H3,(H,33,34)/t28-/m0/s1. The summed E-state index contributed by atoms with van der Waals surface area (Å²) < 4.78 is 5.41. The van der Waals surface area contributed by atoms with Gasteiger partial charge in [0.25, 0.3) is 5.91 Å². The Labute approximate surface area is 220 Å². The second-order valence-electron chi connectivity index (χ2n) is 8.99. The molecule has 0 aromatic heterocycles. The Balaban J connectivity index is 1.81. The highest BCUT2D eigenvalue weighted by atomic mass is 32.2. The number of dihydropyridines is 1. The van der Waals surface area contributed by atoms with Gasteiger partial charge in [-0.25, -0.2) is 0 Å². The lowest BCUT2D eigenvalue weighted by Gasteiger charge is -2.30. The van der Waals surface area contributed by atoms with Crippen molar-refractivity contribution in [2.75, 3.05) is 18.2 Å². The second-order valence-corrected chi connectivity index (χ2v) is 10.1. The van der Waals surface area contributed by atoms with E-state index in [-0.39, 0.29) is 5.91 Å². The van der Waals surface area contributed by atoms with Crippen molar-refractivity contribution in [2.24, 2.45) is 0 Å². The SMILES string of the molecule is CCCCCCCCCSC1=C(C#N)[C@H](c2ccccc2)C(C(=O)Nc2ccccc2OC)=C(C)N1. The summed E-state index contributed by atoms with van der Waals surface area (Å²) >= 11 is 1.68. The lowest BCUT2D eigenvalue weighted by molar-refractivity contribution is -0.113. The molecule has 0 aliphatic carbocycles. The summed E-state index contributed by atoms with van der Waals surface area (Å²) in [7, 11) is 1.58. The van der Waals surface area contributed by atoms with E-state index < -0.39 is 5.92 Å². The van der Waals surface area contributed by atoms with Gasteiger partial charge in [0.05, 0.1) is 35.4 Å². The maximum absolute atomic E-state index is 13.6. The number of amides is 1. The van der Waals surface area contributed by atoms with Crippen LogP contribution in [0.3, 0.4) is 0 Å². The number of nitrogens with one attached hydrogen (secondary N) is 2. The number of unbranched alkanes of at least 4 members (excludes halogenated alkanes) is 6. The van der Waals surface area contributed by atoms with E-state index in [9.17, 15) is 10.1 Å². The zero-order chi connectivity index (χ0) is 25.8. The molecule has 0 spiro atoms. The zero-order valence-corrected chi connectivity index (χ0v) is 22.4. The number of benzene rings is 2. The van der Waals surface area contributed by atoms with Crippen molar-refractivity contribution >= 4 is 23.4 Å². The first-order chi connectivity index (χ1) is 17.6. The van der Waals surface area contributed by atoms with E-state index in [1.807, 2.05) is 61.5 Å². The van der Waals surface area contributed by atoms with Crippen LogP contribution < -0.4 is 15.4 Å². The molecule has 190 valence electrons. The van der Waals surface area contributed by atoms with E-state index in [0.29, 0.717) is 22.6 Å². The maximum atomic E-state index is 13.6. The van der Waals surface area contributed by atoms with E-state index in [0.717, 1.165) is 28.5 Å². The number of thioether (sulfide) groups is 1. The summed E-state index contributed by atoms with van der Waals surface area (Å²) in [4.78, 5) is 13.6. The summed E-state index contributed by atoms with van der Waals surface area (Å²) in [6.45, 7) is 4.15. The van der Waals surface area contributed by atoms with Crippen LogP contribution in [0.4, 0.5) is 5.69 Å². The predicted octanol–water partition coefficient (Wildman–Crippen LogP) is 7.51. The predicted molar refractivity (Wildman–Crippen MR) is 150 cm³/mol. The molecule has 0 saturated carbocycles. The van der Waals surface area contributed by atoms with Crippen molar-refractivity contribution in [3.05, 3.63) is 82.0 Å². The first-order valence-corrected chi connectivity index (χ1v) is 13.8. The van der Waals surface area contributed by atoms with Gasteiger partial charge < -0.3 is 15.4 Å². The molecule has 36 heavy (non-hydrogen) atoms. The van der Waals surface area contributed by atoms with Crippen LogP contribution in [0, 0.1) is 11.3 Å². The number of carbonyl (C=O) groups excluding carboxylic acids is 1. The monoisotopic (exact) mass is 503 g/mol. The molecule has 2 aromatic carbocycles. The fourth-order valence-electron chi connectivity index (χ4n) is 4.48. The van der Waals surface area contributed by atoms with Crippen molar-refractivity contribution in [1.29, 1.82) is 5.26 Å². The fourth-order valence-corrected chi connectivity index (χ4v) is 5.57. The molecule has 0 unspecified atom stereocenters. The van der Waals surface area contributed by atoms with E-state index in [1.54, 1.807) is 18.9 Å². The Morgan fingerprint density at radius 2 is 1.69 bits per heavy atom. The fraction of sp³-hybridized carbons (Fsp3) is 0.400. The number of hydrogen-bond donors (Lipinski definition) is 2. The quantitative estimate of drug-likeness (QED) is 0.277. The molecule has 1 aliphatic heterocycles. The van der Waals surface area contributed by atoms with Gasteiger partial charge in [0.1, 0.15) is 5.75 Å². The molecular formula is C30H37N3O2S. The third-order valence-corrected chi connectivity index (χ3v) is 7.48. The highest BCUT2D eigenvalue weighted by Gasteiger charge is 2.34. The molecule has 5 nitrogen and oxygen atoms in total. The van der Waals surface area contributed by atoms with Crippen LogP contribution in [0.15, 0.2) is 76.5 Å². The third kappa shape index (κ3) is 7.18. The molecule has 1 aliphatic rings. The van der Waals surface area contributed by atoms with E-state index in [4.69, 9.17) is 4.74 Å². The molecule has 0 radical (unpaired) electrons. The molecule has 0 bridgehead atoms. The van der Waals surface area contributed by atoms with Crippen LogP contribution in [0.25, 0.3) is 0 Å². The molecule has 2 aromatic rings. The number of rotatable bonds is 13. The Kier molecular flexibility index (Phi) is 11.0. The van der Waals surface area contributed by atoms with Gasteiger partial charge in [-0.2, -0.15) is 5.26 Å². The number of anilines is 1. The van der Waals surface area contributed by atoms with Crippen LogP contribution in [0.5, 0.6) is 5.75 Å². The topological polar surface area (TPSA) is 74.2 Å². The molecule has 1 atom stereocenters. The van der Waals surface area contributed by atoms with Crippen molar-refractivity contribution in [1.82, 2.24) is 5.32 Å². The van der Waals surface area contributed by atoms with Gasteiger partial charge in [0.2, 0.25) is 0 Å². The molecular weight excluding hydrogens is 466 g/mol. The second kappa shape index (κ2) is 14.4. The molecule has 2 N–H and O–H groups in total. The molecule has 1 heterocycles. The van der Waals surface area contributed by atoms with Crippen molar-refractivity contribution in [3.8, 4) is 11.8 Å². The first-order valence-electron chi connectivity index (χ1n) is 12.8. The van der Waals surface area contributed by atoms with E-state index >= 15 is 0 Å². The minimum atomic E-state index is -0.441. The molecule has 0 fully saturated rings. The normalized spacial score (nSPS) is 15.3. The summed E-state index contributed by atoms with van der Waals surface area (Å²) in [6, 6.07) is 19.6. The van der Waals surface area contributed by atoms with Crippen molar-refractivity contribution in [2.45, 2.75) is 64.7 Å². The van der Waals surface area contributed by atoms with Gasteiger partial charge in [0.15, 0.2) is 0 Å². The Morgan fingerprint density at radius 1 is 1.03 bits per heavy atom. The average molecular weight is 504 g/mol. The van der Waals surface area contributed by atoms with Crippen molar-refractivity contribution in [3.63, 3.8) is 0 Å². The van der Waals surface area contributed by atoms with E-state index in [1.165, 1.54) is 38.5 Å². The smallest absolute Gasteiger partial charge is 0.254 e. The van der Waals surface area contributed by atoms with Crippen LogP contribution >= 0.6 is 11.8 Å². The highest BCUT2D eigenvalue weighted by molar-refractivity contribution is 8.03. The van der Waals surface area contributed by atoms with Crippen LogP contribution in [0.1, 0.15) is 70.3 Å². The summed E-state index contributed by atoms with van der Waals surface area (Å²) in [6.07, 6.45) is 8.77. The summed E-state index contributed by atoms with van der Waals surface area (Å²) in [5.41, 5.74) is 3.42. The molecule has 1 amide bonds. The van der Waals surface area contributed by atoms with Gasteiger partial charge in [0, 0.05) is 11.3 Å². The van der Waals surface area contributed by atoms with Crippen LogP contribution in [0.2, 0.25) is 0 Å². The number of hydrogen-bond acceptors (Lipinski definition) is 5. The lowest BCUT2D eigenvalue weighted by Crippen LogP contribution is -2.30. The summed E-state index contributed by atoms with van der Waals surface area (Å²) in [5, 5.41) is 17.5. The molecule has 0 saturated heterocycles. The van der Waals surface area contributed by atoms with Gasteiger partial charge in [-0.3, -0.25) is 4.79 Å². The van der Waals surface area contributed by atoms with Crippen molar-refractivity contribution < 1.29 is 9.53 Å². The van der Waals surface area contributed by atoms with Gasteiger partial charge in [-0.1, -0.05) is 87.9 Å². The zero-order valence-electron chi connectivity index (χ0n) is 21.6. The number of carbonyl (C=O) groups is 1. The van der Waals surface area contributed by atoms with E-state index in [2.05, 4.69) is 23.6 Å². The Hall–Kier alpha value is -3.17. The lowest BCUT2D eigenvalue weighted by atomic mass is 9.82. The van der Waals surface area contributed by atoms with Gasteiger partial charge >= 0.3 is 0 Å². The number of para-hydroxylation sites is 2. The first kappa shape index (κ1) is 27.4. The summed E-state index contributed by atoms with van der Waals surface area (Å²) in [5.74, 6) is 0.843. The Bertz CT molecular complexity index is 1120. The Morgan fingerprint density at radius 3 is 2.39 bits per heavy atom. The highest BCUT2D eigenvalue weighted by Crippen LogP contribution is 2.41. The minimum absolute atomic E-state index is 0.248. The average Bonchev–Trinajstić information content (AvgIpc) is 2.90.